The lowest BCUT2D eigenvalue weighted by Gasteiger charge is -2.06. The highest BCUT2D eigenvalue weighted by Crippen LogP contribution is 2.32. The summed E-state index contributed by atoms with van der Waals surface area (Å²) in [5.41, 5.74) is 1.28. The summed E-state index contributed by atoms with van der Waals surface area (Å²) in [5, 5.41) is 3.95. The Bertz CT molecular complexity index is 817. The Morgan fingerprint density at radius 2 is 1.82 bits per heavy atom. The lowest BCUT2D eigenvalue weighted by atomic mass is 10.1. The molecular formula is C15H14N2O4S. The van der Waals surface area contributed by atoms with E-state index in [0.29, 0.717) is 17.2 Å². The van der Waals surface area contributed by atoms with Gasteiger partial charge in [0.1, 0.15) is 0 Å². The second-order valence-electron chi connectivity index (χ2n) is 4.67. The van der Waals surface area contributed by atoms with Gasteiger partial charge in [-0.2, -0.15) is 18.4 Å². The molecule has 0 radical (unpaired) electrons. The van der Waals surface area contributed by atoms with Crippen LogP contribution in [-0.4, -0.2) is 20.9 Å². The highest BCUT2D eigenvalue weighted by molar-refractivity contribution is 7.89. The lowest BCUT2D eigenvalue weighted by Crippen LogP contribution is -2.19. The molecule has 1 aliphatic rings. The first kappa shape index (κ1) is 14.4. The van der Waals surface area contributed by atoms with Gasteiger partial charge in [0, 0.05) is 5.56 Å². The molecule has 22 heavy (non-hydrogen) atoms. The molecule has 1 N–H and O–H groups in total. The van der Waals surface area contributed by atoms with E-state index in [2.05, 4.69) is 9.93 Å². The van der Waals surface area contributed by atoms with Gasteiger partial charge in [-0.3, -0.25) is 0 Å². The van der Waals surface area contributed by atoms with Gasteiger partial charge >= 0.3 is 0 Å². The van der Waals surface area contributed by atoms with Crippen molar-refractivity contribution in [3.63, 3.8) is 0 Å². The van der Waals surface area contributed by atoms with Crippen molar-refractivity contribution in [3.05, 3.63) is 54.1 Å². The molecule has 2 aromatic rings. The molecule has 0 unspecified atom stereocenters. The number of benzene rings is 2. The number of nitrogens with zero attached hydrogens (tertiary/aromatic N) is 1. The van der Waals surface area contributed by atoms with Crippen molar-refractivity contribution in [1.82, 2.24) is 4.83 Å². The Hall–Kier alpha value is -2.54. The molecule has 1 aliphatic heterocycles. The van der Waals surface area contributed by atoms with Crippen molar-refractivity contribution in [2.45, 2.75) is 11.8 Å². The van der Waals surface area contributed by atoms with Crippen LogP contribution in [0.2, 0.25) is 0 Å². The van der Waals surface area contributed by atoms with Crippen LogP contribution in [0.15, 0.2) is 58.5 Å². The maximum absolute atomic E-state index is 12.1. The Kier molecular flexibility index (Phi) is 3.72. The molecule has 0 atom stereocenters. The first-order valence-electron chi connectivity index (χ1n) is 6.57. The number of sulfonamides is 1. The van der Waals surface area contributed by atoms with Crippen LogP contribution in [0.3, 0.4) is 0 Å². The minimum absolute atomic E-state index is 0.164. The quantitative estimate of drug-likeness (QED) is 0.692. The van der Waals surface area contributed by atoms with E-state index in [-0.39, 0.29) is 11.7 Å². The molecule has 0 saturated heterocycles. The first-order valence-corrected chi connectivity index (χ1v) is 8.06. The van der Waals surface area contributed by atoms with Crippen molar-refractivity contribution >= 4 is 15.7 Å². The van der Waals surface area contributed by atoms with Crippen LogP contribution in [0.25, 0.3) is 0 Å². The predicted molar refractivity (Wildman–Crippen MR) is 81.5 cm³/mol. The molecule has 2 aromatic carbocycles. The van der Waals surface area contributed by atoms with Gasteiger partial charge in [-0.05, 0) is 37.3 Å². The van der Waals surface area contributed by atoms with E-state index in [1.54, 1.807) is 43.3 Å². The number of hydrogen-bond donors (Lipinski definition) is 1. The standard InChI is InChI=1S/C15H14N2O4S/c1-11(12-7-8-14-15(9-12)21-10-20-14)16-17-22(18,19)13-5-3-2-4-6-13/h2-9,17H,10H2,1H3/b16-11-. The molecule has 0 aliphatic carbocycles. The fraction of sp³-hybridized carbons (Fsp3) is 0.133. The largest absolute Gasteiger partial charge is 0.454 e. The fourth-order valence-electron chi connectivity index (χ4n) is 1.97. The van der Waals surface area contributed by atoms with E-state index in [1.165, 1.54) is 12.1 Å². The maximum Gasteiger partial charge on any atom is 0.276 e. The zero-order valence-corrected chi connectivity index (χ0v) is 12.6. The van der Waals surface area contributed by atoms with E-state index in [1.807, 2.05) is 0 Å². The number of hydrogen-bond acceptors (Lipinski definition) is 5. The molecule has 0 spiro atoms. The molecule has 1 heterocycles. The van der Waals surface area contributed by atoms with Gasteiger partial charge in [-0.15, -0.1) is 0 Å². The molecule has 0 fully saturated rings. The van der Waals surface area contributed by atoms with Gasteiger partial charge in [0.25, 0.3) is 10.0 Å². The van der Waals surface area contributed by atoms with Gasteiger partial charge in [0.15, 0.2) is 11.5 Å². The van der Waals surface area contributed by atoms with Crippen LogP contribution in [0.1, 0.15) is 12.5 Å². The number of rotatable bonds is 4. The highest BCUT2D eigenvalue weighted by Gasteiger charge is 2.15. The van der Waals surface area contributed by atoms with Crippen molar-refractivity contribution in [1.29, 1.82) is 0 Å². The molecule has 0 aromatic heterocycles. The zero-order chi connectivity index (χ0) is 15.6. The smallest absolute Gasteiger partial charge is 0.276 e. The fourth-order valence-corrected chi connectivity index (χ4v) is 2.85. The summed E-state index contributed by atoms with van der Waals surface area (Å²) in [6, 6.07) is 13.4. The zero-order valence-electron chi connectivity index (χ0n) is 11.8. The van der Waals surface area contributed by atoms with Crippen LogP contribution in [-0.2, 0) is 10.0 Å². The van der Waals surface area contributed by atoms with Gasteiger partial charge in [0.2, 0.25) is 6.79 Å². The van der Waals surface area contributed by atoms with Gasteiger partial charge in [-0.1, -0.05) is 18.2 Å². The monoisotopic (exact) mass is 318 g/mol. The summed E-state index contributed by atoms with van der Waals surface area (Å²) >= 11 is 0. The second kappa shape index (κ2) is 5.69. The van der Waals surface area contributed by atoms with Crippen LogP contribution < -0.4 is 14.3 Å². The number of nitrogens with one attached hydrogen (secondary N) is 1. The average Bonchev–Trinajstić information content (AvgIpc) is 3.01. The highest BCUT2D eigenvalue weighted by atomic mass is 32.2. The Labute approximate surface area is 128 Å². The van der Waals surface area contributed by atoms with Crippen LogP contribution in [0, 0.1) is 0 Å². The van der Waals surface area contributed by atoms with Crippen LogP contribution in [0.5, 0.6) is 11.5 Å². The molecule has 0 bridgehead atoms. The third-order valence-corrected chi connectivity index (χ3v) is 4.40. The summed E-state index contributed by atoms with van der Waals surface area (Å²) in [6.07, 6.45) is 0. The topological polar surface area (TPSA) is 77.0 Å². The normalized spacial score (nSPS) is 14.0. The van der Waals surface area contributed by atoms with Crippen molar-refractivity contribution in [2.24, 2.45) is 5.10 Å². The summed E-state index contributed by atoms with van der Waals surface area (Å²) in [6.45, 7) is 1.90. The third-order valence-electron chi connectivity index (χ3n) is 3.18. The molecule has 0 amide bonds. The minimum Gasteiger partial charge on any atom is -0.454 e. The SMILES string of the molecule is C/C(=N/NS(=O)(=O)c1ccccc1)c1ccc2c(c1)OCO2. The van der Waals surface area contributed by atoms with Crippen molar-refractivity contribution < 1.29 is 17.9 Å². The molecule has 6 nitrogen and oxygen atoms in total. The molecular weight excluding hydrogens is 304 g/mol. The summed E-state index contributed by atoms with van der Waals surface area (Å²) in [5.74, 6) is 1.29. The number of ether oxygens (including phenoxy) is 2. The van der Waals surface area contributed by atoms with E-state index in [0.717, 1.165) is 5.56 Å². The maximum atomic E-state index is 12.1. The van der Waals surface area contributed by atoms with E-state index in [4.69, 9.17) is 9.47 Å². The molecule has 114 valence electrons. The van der Waals surface area contributed by atoms with E-state index >= 15 is 0 Å². The summed E-state index contributed by atoms with van der Waals surface area (Å²) in [4.78, 5) is 2.39. The second-order valence-corrected chi connectivity index (χ2v) is 6.33. The predicted octanol–water partition coefficient (Wildman–Crippen LogP) is 2.12. The minimum atomic E-state index is -3.67. The molecule has 3 rings (SSSR count). The lowest BCUT2D eigenvalue weighted by molar-refractivity contribution is 0.174. The van der Waals surface area contributed by atoms with Crippen LogP contribution in [0.4, 0.5) is 0 Å². The van der Waals surface area contributed by atoms with Gasteiger partial charge in [-0.25, -0.2) is 0 Å². The van der Waals surface area contributed by atoms with E-state index < -0.39 is 10.0 Å². The molecule has 7 heteroatoms. The summed E-state index contributed by atoms with van der Waals surface area (Å²) in [7, 11) is -3.67. The van der Waals surface area contributed by atoms with Gasteiger partial charge in [0.05, 0.1) is 10.6 Å². The van der Waals surface area contributed by atoms with Crippen molar-refractivity contribution in [3.8, 4) is 11.5 Å². The number of fused-ring (bicyclic) bond motifs is 1. The number of hydrazone groups is 1. The van der Waals surface area contributed by atoms with Crippen molar-refractivity contribution in [2.75, 3.05) is 6.79 Å². The summed E-state index contributed by atoms with van der Waals surface area (Å²) < 4.78 is 34.7. The first-order chi connectivity index (χ1) is 10.6. The molecule has 0 saturated carbocycles. The average molecular weight is 318 g/mol. The van der Waals surface area contributed by atoms with E-state index in [9.17, 15) is 8.42 Å². The Morgan fingerprint density at radius 1 is 1.09 bits per heavy atom. The Balaban J connectivity index is 1.81. The third kappa shape index (κ3) is 2.89. The van der Waals surface area contributed by atoms with Gasteiger partial charge < -0.3 is 9.47 Å². The Morgan fingerprint density at radius 3 is 2.59 bits per heavy atom. The van der Waals surface area contributed by atoms with Crippen LogP contribution >= 0.6 is 0 Å².